The highest BCUT2D eigenvalue weighted by molar-refractivity contribution is 7.26. The van der Waals surface area contributed by atoms with E-state index >= 15 is 0 Å². The molecule has 11 aromatic rings. The number of rotatable bonds is 6. The molecule has 0 N–H and O–H groups in total. The van der Waals surface area contributed by atoms with E-state index in [2.05, 4.69) is 193 Å². The first-order valence-corrected chi connectivity index (χ1v) is 19.5. The smallest absolute Gasteiger partial charge is 0.136 e. The van der Waals surface area contributed by atoms with Gasteiger partial charge in [0.1, 0.15) is 11.2 Å². The standard InChI is InChI=1S/C52H33NOS/c1-2-14-35(15-3-1)41-29-27-38(37-26-25-34-13-4-5-16-36(34)31-37)32-47(41)53(46-21-12-24-51-52(46)44-19-8-11-23-50(44)55-51)45-20-9-6-17-40(45)39-28-30-43-42-18-7-10-22-48(42)54-49(43)33-39/h1-33H. The van der Waals surface area contributed by atoms with Crippen molar-refractivity contribution < 1.29 is 4.42 Å². The molecule has 0 saturated heterocycles. The fourth-order valence-electron chi connectivity index (χ4n) is 8.26. The highest BCUT2D eigenvalue weighted by atomic mass is 32.1. The van der Waals surface area contributed by atoms with Gasteiger partial charge in [-0.15, -0.1) is 11.3 Å². The van der Waals surface area contributed by atoms with E-state index in [-0.39, 0.29) is 0 Å². The molecule has 2 aromatic heterocycles. The Hall–Kier alpha value is -6.94. The predicted octanol–water partition coefficient (Wildman–Crippen LogP) is 15.6. The third kappa shape index (κ3) is 5.32. The minimum atomic E-state index is 0.884. The molecular weight excluding hydrogens is 687 g/mol. The first kappa shape index (κ1) is 31.6. The van der Waals surface area contributed by atoms with Crippen molar-refractivity contribution in [2.24, 2.45) is 0 Å². The Morgan fingerprint density at radius 3 is 1.93 bits per heavy atom. The van der Waals surface area contributed by atoms with E-state index in [1.54, 1.807) is 0 Å². The van der Waals surface area contributed by atoms with Crippen LogP contribution in [0.1, 0.15) is 0 Å². The molecule has 3 heteroatoms. The Kier molecular flexibility index (Phi) is 7.39. The summed E-state index contributed by atoms with van der Waals surface area (Å²) >= 11 is 1.85. The van der Waals surface area contributed by atoms with Crippen LogP contribution >= 0.6 is 11.3 Å². The Labute approximate surface area is 322 Å². The van der Waals surface area contributed by atoms with Crippen molar-refractivity contribution >= 4 is 81.3 Å². The molecular formula is C52H33NOS. The number of fused-ring (bicyclic) bond motifs is 7. The van der Waals surface area contributed by atoms with E-state index in [9.17, 15) is 0 Å². The molecule has 258 valence electrons. The summed E-state index contributed by atoms with van der Waals surface area (Å²) in [5.74, 6) is 0. The highest BCUT2D eigenvalue weighted by Gasteiger charge is 2.24. The number of thiophene rings is 1. The number of hydrogen-bond donors (Lipinski definition) is 0. The van der Waals surface area contributed by atoms with E-state index in [1.165, 1.54) is 36.5 Å². The van der Waals surface area contributed by atoms with Crippen LogP contribution in [0, 0.1) is 0 Å². The van der Waals surface area contributed by atoms with Crippen LogP contribution < -0.4 is 4.90 Å². The minimum absolute atomic E-state index is 0.884. The van der Waals surface area contributed by atoms with Gasteiger partial charge in [-0.2, -0.15) is 0 Å². The Balaban J connectivity index is 1.22. The third-order valence-corrected chi connectivity index (χ3v) is 12.0. The lowest BCUT2D eigenvalue weighted by atomic mass is 9.94. The van der Waals surface area contributed by atoms with Crippen LogP contribution in [0.25, 0.3) is 86.3 Å². The summed E-state index contributed by atoms with van der Waals surface area (Å²) in [4.78, 5) is 2.51. The van der Waals surface area contributed by atoms with Crippen molar-refractivity contribution in [3.05, 3.63) is 200 Å². The summed E-state index contributed by atoms with van der Waals surface area (Å²) in [5.41, 5.74) is 12.0. The van der Waals surface area contributed by atoms with E-state index in [0.29, 0.717) is 0 Å². The Bertz CT molecular complexity index is 3230. The minimum Gasteiger partial charge on any atom is -0.456 e. The maximum Gasteiger partial charge on any atom is 0.136 e. The number of hydrogen-bond acceptors (Lipinski definition) is 3. The number of furan rings is 1. The van der Waals surface area contributed by atoms with Crippen molar-refractivity contribution in [1.29, 1.82) is 0 Å². The summed E-state index contributed by atoms with van der Waals surface area (Å²) in [5, 5.41) is 7.23. The van der Waals surface area contributed by atoms with Gasteiger partial charge in [0.25, 0.3) is 0 Å². The molecule has 0 aliphatic rings. The number of para-hydroxylation sites is 2. The zero-order valence-electron chi connectivity index (χ0n) is 29.8. The van der Waals surface area contributed by atoms with Gasteiger partial charge in [0.2, 0.25) is 0 Å². The molecule has 2 heterocycles. The number of anilines is 3. The van der Waals surface area contributed by atoms with Crippen LogP contribution in [0.3, 0.4) is 0 Å². The number of benzene rings is 9. The van der Waals surface area contributed by atoms with Gasteiger partial charge in [0.15, 0.2) is 0 Å². The Morgan fingerprint density at radius 1 is 0.345 bits per heavy atom. The van der Waals surface area contributed by atoms with Gasteiger partial charge in [-0.1, -0.05) is 146 Å². The topological polar surface area (TPSA) is 16.4 Å². The molecule has 2 nitrogen and oxygen atoms in total. The van der Waals surface area contributed by atoms with Crippen LogP contribution in [0.4, 0.5) is 17.1 Å². The fraction of sp³-hybridized carbons (Fsp3) is 0. The quantitative estimate of drug-likeness (QED) is 0.170. The van der Waals surface area contributed by atoms with Crippen LogP contribution in [-0.2, 0) is 0 Å². The lowest BCUT2D eigenvalue weighted by molar-refractivity contribution is 0.669. The molecule has 0 unspecified atom stereocenters. The zero-order chi connectivity index (χ0) is 36.3. The maximum absolute atomic E-state index is 6.44. The van der Waals surface area contributed by atoms with E-state index in [1.807, 2.05) is 23.5 Å². The molecule has 11 rings (SSSR count). The van der Waals surface area contributed by atoms with Gasteiger partial charge in [0.05, 0.1) is 17.1 Å². The molecule has 0 radical (unpaired) electrons. The summed E-state index contributed by atoms with van der Waals surface area (Å²) in [6, 6.07) is 72.4. The highest BCUT2D eigenvalue weighted by Crippen LogP contribution is 2.50. The molecule has 0 bridgehead atoms. The molecule has 0 saturated carbocycles. The molecule has 0 fully saturated rings. The first-order valence-electron chi connectivity index (χ1n) is 18.7. The van der Waals surface area contributed by atoms with Crippen LogP contribution in [0.2, 0.25) is 0 Å². The first-order chi connectivity index (χ1) is 27.3. The normalized spacial score (nSPS) is 11.6. The Morgan fingerprint density at radius 2 is 1.00 bits per heavy atom. The predicted molar refractivity (Wildman–Crippen MR) is 235 cm³/mol. The van der Waals surface area contributed by atoms with Gasteiger partial charge >= 0.3 is 0 Å². The summed E-state index contributed by atoms with van der Waals surface area (Å²) in [6.45, 7) is 0. The van der Waals surface area contributed by atoms with E-state index < -0.39 is 0 Å². The van der Waals surface area contributed by atoms with Gasteiger partial charge in [0, 0.05) is 42.1 Å². The average molecular weight is 720 g/mol. The molecule has 0 amide bonds. The van der Waals surface area contributed by atoms with Gasteiger partial charge in [-0.05, 0) is 87.6 Å². The monoisotopic (exact) mass is 719 g/mol. The summed E-state index contributed by atoms with van der Waals surface area (Å²) in [6.07, 6.45) is 0. The maximum atomic E-state index is 6.44. The second-order valence-electron chi connectivity index (χ2n) is 14.1. The average Bonchev–Trinajstić information content (AvgIpc) is 3.83. The molecule has 0 spiro atoms. The molecule has 0 aliphatic heterocycles. The number of nitrogens with zero attached hydrogens (tertiary/aromatic N) is 1. The third-order valence-electron chi connectivity index (χ3n) is 10.9. The van der Waals surface area contributed by atoms with Crippen molar-refractivity contribution in [2.75, 3.05) is 4.90 Å². The van der Waals surface area contributed by atoms with Gasteiger partial charge in [-0.3, -0.25) is 0 Å². The fourth-order valence-corrected chi connectivity index (χ4v) is 9.39. The molecule has 55 heavy (non-hydrogen) atoms. The second-order valence-corrected chi connectivity index (χ2v) is 15.2. The summed E-state index contributed by atoms with van der Waals surface area (Å²) < 4.78 is 8.98. The van der Waals surface area contributed by atoms with Crippen molar-refractivity contribution in [3.63, 3.8) is 0 Å². The van der Waals surface area contributed by atoms with Crippen molar-refractivity contribution in [1.82, 2.24) is 0 Å². The zero-order valence-corrected chi connectivity index (χ0v) is 30.6. The van der Waals surface area contributed by atoms with E-state index in [0.717, 1.165) is 66.8 Å². The lowest BCUT2D eigenvalue weighted by Crippen LogP contribution is -2.13. The molecule has 9 aromatic carbocycles. The molecule has 0 atom stereocenters. The van der Waals surface area contributed by atoms with Crippen LogP contribution in [0.15, 0.2) is 205 Å². The summed E-state index contributed by atoms with van der Waals surface area (Å²) in [7, 11) is 0. The second kappa shape index (κ2) is 12.9. The van der Waals surface area contributed by atoms with Crippen molar-refractivity contribution in [2.45, 2.75) is 0 Å². The van der Waals surface area contributed by atoms with Gasteiger partial charge < -0.3 is 9.32 Å². The van der Waals surface area contributed by atoms with Gasteiger partial charge in [-0.25, -0.2) is 0 Å². The largest absolute Gasteiger partial charge is 0.456 e. The molecule has 0 aliphatic carbocycles. The van der Waals surface area contributed by atoms with Crippen LogP contribution in [0.5, 0.6) is 0 Å². The van der Waals surface area contributed by atoms with Crippen molar-refractivity contribution in [3.8, 4) is 33.4 Å². The SMILES string of the molecule is c1ccc(-c2ccc(-c3ccc4ccccc4c3)cc2N(c2ccccc2-c2ccc3c(c2)oc2ccccc23)c2cccc3sc4ccccc4c23)cc1. The van der Waals surface area contributed by atoms with Crippen LogP contribution in [-0.4, -0.2) is 0 Å². The lowest BCUT2D eigenvalue weighted by Gasteiger charge is -2.31. The van der Waals surface area contributed by atoms with E-state index in [4.69, 9.17) is 4.42 Å².